The van der Waals surface area contributed by atoms with Gasteiger partial charge in [0, 0.05) is 34.3 Å². The van der Waals surface area contributed by atoms with Crippen molar-refractivity contribution in [1.29, 1.82) is 0 Å². The minimum absolute atomic E-state index is 0.0648. The fourth-order valence-electron chi connectivity index (χ4n) is 5.38. The van der Waals surface area contributed by atoms with E-state index in [0.29, 0.717) is 17.4 Å². The molecule has 2 heterocycles. The summed E-state index contributed by atoms with van der Waals surface area (Å²) in [6, 6.07) is 15.7. The Labute approximate surface area is 182 Å². The Hall–Kier alpha value is -3.08. The van der Waals surface area contributed by atoms with Gasteiger partial charge in [-0.2, -0.15) is 0 Å². The number of nitrogens with zero attached hydrogens (tertiary/aromatic N) is 1. The van der Waals surface area contributed by atoms with Gasteiger partial charge in [0.05, 0.1) is 6.04 Å². The zero-order chi connectivity index (χ0) is 21.5. The Bertz CT molecular complexity index is 1130. The lowest BCUT2D eigenvalue weighted by Gasteiger charge is -2.35. The van der Waals surface area contributed by atoms with Crippen LogP contribution in [0.5, 0.6) is 0 Å². The molecule has 1 saturated carbocycles. The van der Waals surface area contributed by atoms with Crippen LogP contribution in [0.3, 0.4) is 0 Å². The third-order valence-corrected chi connectivity index (χ3v) is 7.34. The number of carbonyl (C=O) groups excluding carboxylic acids is 2. The largest absolute Gasteiger partial charge is 0.361 e. The van der Waals surface area contributed by atoms with E-state index in [1.165, 1.54) is 6.42 Å². The number of hydrogen-bond acceptors (Lipinski definition) is 2. The van der Waals surface area contributed by atoms with Gasteiger partial charge in [-0.25, -0.2) is 0 Å². The van der Waals surface area contributed by atoms with Gasteiger partial charge in [0.1, 0.15) is 6.54 Å². The first kappa shape index (κ1) is 19.9. The maximum atomic E-state index is 13.3. The number of aromatic amines is 1. The second-order valence-corrected chi connectivity index (χ2v) is 9.15. The lowest BCUT2D eigenvalue weighted by Crippen LogP contribution is -2.48. The molecule has 2 aromatic carbocycles. The highest BCUT2D eigenvalue weighted by Gasteiger charge is 2.40. The second kappa shape index (κ2) is 7.88. The highest BCUT2D eigenvalue weighted by molar-refractivity contribution is 6.02. The SMILES string of the molecule is C[C@H]1[C@H](C)CCC[C@@H]1NC(=O)CN1C(=O)c2ccccc2[C@@H]1c1c[nH]c2ccccc12. The van der Waals surface area contributed by atoms with Crippen LogP contribution >= 0.6 is 0 Å². The van der Waals surface area contributed by atoms with Gasteiger partial charge in [-0.05, 0) is 36.0 Å². The first-order valence-electron chi connectivity index (χ1n) is 11.3. The van der Waals surface area contributed by atoms with Crippen LogP contribution in [0, 0.1) is 11.8 Å². The van der Waals surface area contributed by atoms with E-state index in [0.717, 1.165) is 34.9 Å². The van der Waals surface area contributed by atoms with Crippen molar-refractivity contribution >= 4 is 22.7 Å². The van der Waals surface area contributed by atoms with Crippen molar-refractivity contribution in [2.75, 3.05) is 6.54 Å². The minimum Gasteiger partial charge on any atom is -0.361 e. The van der Waals surface area contributed by atoms with Crippen molar-refractivity contribution in [1.82, 2.24) is 15.2 Å². The van der Waals surface area contributed by atoms with Crippen molar-refractivity contribution in [2.45, 2.75) is 45.2 Å². The zero-order valence-corrected chi connectivity index (χ0v) is 18.1. The highest BCUT2D eigenvalue weighted by atomic mass is 16.2. The fraction of sp³-hybridized carbons (Fsp3) is 0.385. The van der Waals surface area contributed by atoms with Gasteiger partial charge in [0.2, 0.25) is 5.91 Å². The van der Waals surface area contributed by atoms with Gasteiger partial charge in [0.15, 0.2) is 0 Å². The first-order chi connectivity index (χ1) is 15.0. The average Bonchev–Trinajstić information content (AvgIpc) is 3.31. The van der Waals surface area contributed by atoms with Crippen LogP contribution in [-0.2, 0) is 4.79 Å². The summed E-state index contributed by atoms with van der Waals surface area (Å²) in [5, 5.41) is 4.32. The molecule has 0 saturated heterocycles. The molecule has 0 bridgehead atoms. The molecule has 4 atom stereocenters. The third kappa shape index (κ3) is 3.42. The van der Waals surface area contributed by atoms with Crippen LogP contribution in [0.2, 0.25) is 0 Å². The molecule has 1 aliphatic heterocycles. The standard InChI is InChI=1S/C26H29N3O2/c1-16-8-7-13-22(17(16)2)28-24(30)15-29-25(19-10-3-4-11-20(19)26(29)31)21-14-27-23-12-6-5-9-18(21)23/h3-6,9-12,14,16-17,22,25,27H,7-8,13,15H2,1-2H3,(H,28,30)/t16-,17+,22+,25-/m1/s1. The van der Waals surface area contributed by atoms with Gasteiger partial charge in [-0.1, -0.05) is 63.1 Å². The van der Waals surface area contributed by atoms with Crippen LogP contribution in [0.15, 0.2) is 54.7 Å². The van der Waals surface area contributed by atoms with E-state index in [1.807, 2.05) is 48.7 Å². The number of nitrogens with one attached hydrogen (secondary N) is 2. The van der Waals surface area contributed by atoms with Gasteiger partial charge in [0.25, 0.3) is 5.91 Å². The summed E-state index contributed by atoms with van der Waals surface area (Å²) < 4.78 is 0. The average molecular weight is 416 g/mol. The van der Waals surface area contributed by atoms with Crippen molar-refractivity contribution in [3.8, 4) is 0 Å². The molecule has 3 aromatic rings. The molecule has 1 aromatic heterocycles. The Morgan fingerprint density at radius 1 is 1.06 bits per heavy atom. The van der Waals surface area contributed by atoms with E-state index < -0.39 is 0 Å². The number of aromatic nitrogens is 1. The number of para-hydroxylation sites is 1. The summed E-state index contributed by atoms with van der Waals surface area (Å²) >= 11 is 0. The summed E-state index contributed by atoms with van der Waals surface area (Å²) in [4.78, 5) is 31.5. The molecule has 5 nitrogen and oxygen atoms in total. The van der Waals surface area contributed by atoms with Crippen molar-refractivity contribution in [3.63, 3.8) is 0 Å². The second-order valence-electron chi connectivity index (χ2n) is 9.15. The smallest absolute Gasteiger partial charge is 0.255 e. The van der Waals surface area contributed by atoms with Gasteiger partial charge >= 0.3 is 0 Å². The molecule has 2 amide bonds. The number of carbonyl (C=O) groups is 2. The van der Waals surface area contributed by atoms with Gasteiger partial charge < -0.3 is 15.2 Å². The number of benzene rings is 2. The maximum absolute atomic E-state index is 13.3. The Kier molecular flexibility index (Phi) is 5.05. The van der Waals surface area contributed by atoms with E-state index in [4.69, 9.17) is 0 Å². The maximum Gasteiger partial charge on any atom is 0.255 e. The fourth-order valence-corrected chi connectivity index (χ4v) is 5.38. The van der Waals surface area contributed by atoms with Crippen LogP contribution in [-0.4, -0.2) is 34.3 Å². The predicted molar refractivity (Wildman–Crippen MR) is 122 cm³/mol. The summed E-state index contributed by atoms with van der Waals surface area (Å²) in [5.41, 5.74) is 3.71. The molecule has 0 spiro atoms. The number of amides is 2. The van der Waals surface area contributed by atoms with E-state index in [-0.39, 0.29) is 30.4 Å². The monoisotopic (exact) mass is 415 g/mol. The molecule has 1 aliphatic carbocycles. The first-order valence-corrected chi connectivity index (χ1v) is 11.3. The topological polar surface area (TPSA) is 65.2 Å². The Balaban J connectivity index is 1.45. The summed E-state index contributed by atoms with van der Waals surface area (Å²) in [5.74, 6) is 0.910. The quantitative estimate of drug-likeness (QED) is 0.651. The number of hydrogen-bond donors (Lipinski definition) is 2. The summed E-state index contributed by atoms with van der Waals surface area (Å²) in [6.07, 6.45) is 5.34. The molecule has 0 radical (unpaired) electrons. The number of fused-ring (bicyclic) bond motifs is 2. The van der Waals surface area contributed by atoms with E-state index in [2.05, 4.69) is 30.2 Å². The van der Waals surface area contributed by atoms with Gasteiger partial charge in [-0.15, -0.1) is 0 Å². The summed E-state index contributed by atoms with van der Waals surface area (Å²) in [7, 11) is 0. The Morgan fingerprint density at radius 2 is 1.84 bits per heavy atom. The number of H-pyrrole nitrogens is 1. The summed E-state index contributed by atoms with van der Waals surface area (Å²) in [6.45, 7) is 4.55. The number of rotatable bonds is 4. The van der Waals surface area contributed by atoms with Gasteiger partial charge in [-0.3, -0.25) is 9.59 Å². The van der Waals surface area contributed by atoms with Crippen LogP contribution in [0.4, 0.5) is 0 Å². The lowest BCUT2D eigenvalue weighted by atomic mass is 9.78. The normalized spacial score (nSPS) is 25.6. The van der Waals surface area contributed by atoms with Crippen LogP contribution < -0.4 is 5.32 Å². The minimum atomic E-state index is -0.270. The third-order valence-electron chi connectivity index (χ3n) is 7.34. The predicted octanol–water partition coefficient (Wildman–Crippen LogP) is 4.65. The van der Waals surface area contributed by atoms with E-state index in [1.54, 1.807) is 4.90 Å². The van der Waals surface area contributed by atoms with Crippen LogP contribution in [0.1, 0.15) is 60.6 Å². The van der Waals surface area contributed by atoms with Crippen molar-refractivity contribution in [2.24, 2.45) is 11.8 Å². The molecule has 2 N–H and O–H groups in total. The highest BCUT2D eigenvalue weighted by Crippen LogP contribution is 2.41. The van der Waals surface area contributed by atoms with Crippen LogP contribution in [0.25, 0.3) is 10.9 Å². The Morgan fingerprint density at radius 3 is 2.71 bits per heavy atom. The molecule has 5 heteroatoms. The van der Waals surface area contributed by atoms with Crippen molar-refractivity contribution < 1.29 is 9.59 Å². The molecule has 160 valence electrons. The molecule has 0 unspecified atom stereocenters. The molecular formula is C26H29N3O2. The molecule has 5 rings (SSSR count). The molecular weight excluding hydrogens is 386 g/mol. The molecule has 1 fully saturated rings. The van der Waals surface area contributed by atoms with Crippen molar-refractivity contribution in [3.05, 3.63) is 71.4 Å². The molecule has 31 heavy (non-hydrogen) atoms. The molecule has 2 aliphatic rings. The lowest BCUT2D eigenvalue weighted by molar-refractivity contribution is -0.123. The van der Waals surface area contributed by atoms with E-state index >= 15 is 0 Å². The zero-order valence-electron chi connectivity index (χ0n) is 18.1. The van der Waals surface area contributed by atoms with E-state index in [9.17, 15) is 9.59 Å².